The van der Waals surface area contributed by atoms with E-state index in [1.807, 2.05) is 24.5 Å². The van der Waals surface area contributed by atoms with E-state index in [4.69, 9.17) is 11.6 Å². The summed E-state index contributed by atoms with van der Waals surface area (Å²) in [4.78, 5) is 11.8. The zero-order valence-electron chi connectivity index (χ0n) is 7.01. The molecule has 0 saturated heterocycles. The fourth-order valence-corrected chi connectivity index (χ4v) is 2.20. The molecule has 0 amide bonds. The lowest BCUT2D eigenvalue weighted by Crippen LogP contribution is -1.92. The Labute approximate surface area is 95.0 Å². The van der Waals surface area contributed by atoms with E-state index < -0.39 is 0 Å². The van der Waals surface area contributed by atoms with Gasteiger partial charge in [-0.3, -0.25) is 4.79 Å². The first-order chi connectivity index (χ1) is 6.13. The van der Waals surface area contributed by atoms with Crippen molar-refractivity contribution in [2.24, 2.45) is 0 Å². The lowest BCUT2D eigenvalue weighted by molar-refractivity contribution is -0.109. The van der Waals surface area contributed by atoms with Crippen molar-refractivity contribution in [3.63, 3.8) is 0 Å². The molecule has 0 aliphatic heterocycles. The number of hydrogen-bond acceptors (Lipinski definition) is 2. The summed E-state index contributed by atoms with van der Waals surface area (Å²) in [6.45, 7) is 0. The molecule has 1 aromatic rings. The molecule has 70 valence electrons. The van der Waals surface area contributed by atoms with Gasteiger partial charge in [-0.25, -0.2) is 0 Å². The minimum atomic E-state index is -0.0273. The molecular weight excluding hydrogens is 272 g/mol. The molecule has 0 aliphatic carbocycles. The molecule has 0 saturated carbocycles. The fraction of sp³-hybridized carbons (Fsp3) is 0.222. The SMILES string of the molecule is CSc1ccc(CC(=O)Br)cc1Cl. The Hall–Kier alpha value is 0.01000. The normalized spacial score (nSPS) is 10.1. The maximum absolute atomic E-state index is 10.7. The van der Waals surface area contributed by atoms with Crippen LogP contribution < -0.4 is 0 Å². The number of hydrogen-bond donors (Lipinski definition) is 0. The molecule has 0 aliphatic rings. The molecule has 0 aromatic heterocycles. The van der Waals surface area contributed by atoms with Crippen molar-refractivity contribution in [2.75, 3.05) is 6.26 Å². The number of rotatable bonds is 3. The highest BCUT2D eigenvalue weighted by molar-refractivity contribution is 9.18. The molecule has 0 N–H and O–H groups in total. The average Bonchev–Trinajstić information content (AvgIpc) is 2.03. The summed E-state index contributed by atoms with van der Waals surface area (Å²) in [5.41, 5.74) is 0.935. The number of benzene rings is 1. The fourth-order valence-electron chi connectivity index (χ4n) is 0.980. The molecule has 0 atom stereocenters. The van der Waals surface area contributed by atoms with Crippen LogP contribution in [0.3, 0.4) is 0 Å². The van der Waals surface area contributed by atoms with Gasteiger partial charge in [-0.15, -0.1) is 11.8 Å². The topological polar surface area (TPSA) is 17.1 Å². The van der Waals surface area contributed by atoms with Gasteiger partial charge in [0, 0.05) is 11.3 Å². The Kier molecular flexibility index (Phi) is 4.29. The van der Waals surface area contributed by atoms with Crippen LogP contribution in [0.15, 0.2) is 23.1 Å². The van der Waals surface area contributed by atoms with Crippen LogP contribution in [0.4, 0.5) is 0 Å². The smallest absolute Gasteiger partial charge is 0.202 e. The van der Waals surface area contributed by atoms with Gasteiger partial charge in [-0.2, -0.15) is 0 Å². The zero-order chi connectivity index (χ0) is 9.84. The molecule has 1 rings (SSSR count). The van der Waals surface area contributed by atoms with Crippen molar-refractivity contribution in [3.05, 3.63) is 28.8 Å². The standard InChI is InChI=1S/C9H8BrClOS/c1-13-8-3-2-6(4-7(8)11)5-9(10)12/h2-4H,5H2,1H3. The highest BCUT2D eigenvalue weighted by Crippen LogP contribution is 2.26. The van der Waals surface area contributed by atoms with Crippen molar-refractivity contribution in [3.8, 4) is 0 Å². The number of carbonyl (C=O) groups excluding carboxylic acids is 1. The minimum absolute atomic E-state index is 0.0273. The van der Waals surface area contributed by atoms with Crippen molar-refractivity contribution >= 4 is 44.0 Å². The van der Waals surface area contributed by atoms with Crippen LogP contribution in [-0.4, -0.2) is 10.9 Å². The maximum atomic E-state index is 10.7. The molecule has 13 heavy (non-hydrogen) atoms. The summed E-state index contributed by atoms with van der Waals surface area (Å²) in [6, 6.07) is 5.67. The van der Waals surface area contributed by atoms with Crippen molar-refractivity contribution in [1.29, 1.82) is 0 Å². The van der Waals surface area contributed by atoms with Gasteiger partial charge in [-0.1, -0.05) is 17.7 Å². The average molecular weight is 280 g/mol. The summed E-state index contributed by atoms with van der Waals surface area (Å²) in [7, 11) is 0. The summed E-state index contributed by atoms with van der Waals surface area (Å²) in [5.74, 6) is 0. The van der Waals surface area contributed by atoms with Crippen LogP contribution >= 0.6 is 39.3 Å². The number of halogens is 2. The van der Waals surface area contributed by atoms with Crippen molar-refractivity contribution < 1.29 is 4.79 Å². The maximum Gasteiger partial charge on any atom is 0.202 e. The molecule has 0 heterocycles. The lowest BCUT2D eigenvalue weighted by Gasteiger charge is -2.02. The third-order valence-electron chi connectivity index (χ3n) is 1.56. The number of carbonyl (C=O) groups is 1. The van der Waals surface area contributed by atoms with Gasteiger partial charge in [0.25, 0.3) is 0 Å². The molecular formula is C9H8BrClOS. The van der Waals surface area contributed by atoms with E-state index >= 15 is 0 Å². The summed E-state index contributed by atoms with van der Waals surface area (Å²) in [6.07, 6.45) is 2.35. The molecule has 0 unspecified atom stereocenters. The van der Waals surface area contributed by atoms with Gasteiger partial charge < -0.3 is 0 Å². The first-order valence-electron chi connectivity index (χ1n) is 3.64. The second-order valence-electron chi connectivity index (χ2n) is 2.50. The van der Waals surface area contributed by atoms with E-state index in [-0.39, 0.29) is 4.69 Å². The number of thioether (sulfide) groups is 1. The second-order valence-corrected chi connectivity index (χ2v) is 4.64. The minimum Gasteiger partial charge on any atom is -0.286 e. The van der Waals surface area contributed by atoms with Crippen molar-refractivity contribution in [2.45, 2.75) is 11.3 Å². The molecule has 1 nitrogen and oxygen atoms in total. The highest BCUT2D eigenvalue weighted by atomic mass is 79.9. The Morgan fingerprint density at radius 2 is 2.31 bits per heavy atom. The Bertz CT molecular complexity index is 327. The van der Waals surface area contributed by atoms with Crippen molar-refractivity contribution in [1.82, 2.24) is 0 Å². The van der Waals surface area contributed by atoms with Gasteiger partial charge in [-0.05, 0) is 39.9 Å². The van der Waals surface area contributed by atoms with Gasteiger partial charge >= 0.3 is 0 Å². The van der Waals surface area contributed by atoms with E-state index in [1.165, 1.54) is 0 Å². The molecule has 4 heteroatoms. The van der Waals surface area contributed by atoms with Crippen LogP contribution in [0.2, 0.25) is 5.02 Å². The van der Waals surface area contributed by atoms with Gasteiger partial charge in [0.1, 0.15) is 0 Å². The summed E-state index contributed by atoms with van der Waals surface area (Å²) >= 11 is 10.4. The second kappa shape index (κ2) is 5.03. The first kappa shape index (κ1) is 11.1. The van der Waals surface area contributed by atoms with E-state index in [0.29, 0.717) is 11.4 Å². The largest absolute Gasteiger partial charge is 0.286 e. The van der Waals surface area contributed by atoms with E-state index in [2.05, 4.69) is 15.9 Å². The van der Waals surface area contributed by atoms with E-state index in [1.54, 1.807) is 11.8 Å². The van der Waals surface area contributed by atoms with E-state index in [9.17, 15) is 4.79 Å². The summed E-state index contributed by atoms with van der Waals surface area (Å²) < 4.78 is -0.0273. The third-order valence-corrected chi connectivity index (χ3v) is 3.06. The van der Waals surface area contributed by atoms with Crippen LogP contribution in [0.1, 0.15) is 5.56 Å². The molecule has 0 radical (unpaired) electrons. The van der Waals surface area contributed by atoms with Gasteiger partial charge in [0.2, 0.25) is 4.69 Å². The van der Waals surface area contributed by atoms with Crippen LogP contribution in [0.5, 0.6) is 0 Å². The Morgan fingerprint density at radius 3 is 2.77 bits per heavy atom. The monoisotopic (exact) mass is 278 g/mol. The Balaban J connectivity index is 2.89. The molecule has 0 spiro atoms. The van der Waals surface area contributed by atoms with Crippen LogP contribution in [0, 0.1) is 0 Å². The third kappa shape index (κ3) is 3.33. The Morgan fingerprint density at radius 1 is 1.62 bits per heavy atom. The predicted octanol–water partition coefficient (Wildman–Crippen LogP) is 3.53. The molecule has 0 fully saturated rings. The van der Waals surface area contributed by atoms with Crippen LogP contribution in [0.25, 0.3) is 0 Å². The van der Waals surface area contributed by atoms with Crippen LogP contribution in [-0.2, 0) is 11.2 Å². The predicted molar refractivity (Wildman–Crippen MR) is 60.9 cm³/mol. The lowest BCUT2D eigenvalue weighted by atomic mass is 10.2. The first-order valence-corrected chi connectivity index (χ1v) is 6.04. The zero-order valence-corrected chi connectivity index (χ0v) is 10.2. The highest BCUT2D eigenvalue weighted by Gasteiger charge is 2.03. The quantitative estimate of drug-likeness (QED) is 0.622. The molecule has 1 aromatic carbocycles. The van der Waals surface area contributed by atoms with Gasteiger partial charge in [0.05, 0.1) is 5.02 Å². The summed E-state index contributed by atoms with van der Waals surface area (Å²) in [5, 5.41) is 0.707. The molecule has 0 bridgehead atoms. The van der Waals surface area contributed by atoms with Gasteiger partial charge in [0.15, 0.2) is 0 Å². The van der Waals surface area contributed by atoms with E-state index in [0.717, 1.165) is 10.5 Å².